The van der Waals surface area contributed by atoms with Crippen LogP contribution in [0.5, 0.6) is 11.5 Å². The molecular formula is C41H40Cl4O6. The van der Waals surface area contributed by atoms with Crippen molar-refractivity contribution in [1.29, 1.82) is 0 Å². The summed E-state index contributed by atoms with van der Waals surface area (Å²) in [5, 5.41) is 0.984. The molecule has 0 aliphatic carbocycles. The highest BCUT2D eigenvalue weighted by Gasteiger charge is 2.55. The molecule has 0 N–H and O–H groups in total. The molecular weight excluding hydrogens is 730 g/mol. The van der Waals surface area contributed by atoms with E-state index < -0.39 is 22.3 Å². The number of methoxy groups -OCH3 is 1. The molecule has 0 aliphatic rings. The molecule has 6 nitrogen and oxygen atoms in total. The predicted octanol–water partition coefficient (Wildman–Crippen LogP) is 11.6. The van der Waals surface area contributed by atoms with Crippen LogP contribution in [0.2, 0.25) is 20.1 Å². The van der Waals surface area contributed by atoms with Gasteiger partial charge in [-0.2, -0.15) is 0 Å². The molecule has 0 saturated carbocycles. The minimum atomic E-state index is -1.58. The molecule has 0 spiro atoms. The van der Waals surface area contributed by atoms with Gasteiger partial charge >= 0.3 is 0 Å². The first kappa shape index (κ1) is 40.1. The third-order valence-electron chi connectivity index (χ3n) is 10.1. The van der Waals surface area contributed by atoms with E-state index in [-0.39, 0.29) is 44.5 Å². The molecule has 51 heavy (non-hydrogen) atoms. The Kier molecular flexibility index (Phi) is 11.9. The molecule has 10 heteroatoms. The number of carbonyl (C=O) groups excluding carboxylic acids is 4. The zero-order valence-electron chi connectivity index (χ0n) is 30.0. The van der Waals surface area contributed by atoms with E-state index in [1.807, 2.05) is 13.8 Å². The molecule has 0 heterocycles. The van der Waals surface area contributed by atoms with Gasteiger partial charge in [-0.3, -0.25) is 19.2 Å². The Labute approximate surface area is 319 Å². The lowest BCUT2D eigenvalue weighted by atomic mass is 9.64. The Morgan fingerprint density at radius 2 is 1.04 bits per heavy atom. The van der Waals surface area contributed by atoms with Crippen molar-refractivity contribution >= 4 is 69.5 Å². The third kappa shape index (κ3) is 7.75. The van der Waals surface area contributed by atoms with Crippen LogP contribution in [0.25, 0.3) is 0 Å². The van der Waals surface area contributed by atoms with Gasteiger partial charge in [0, 0.05) is 27.7 Å². The number of ether oxygens (including phenoxy) is 2. The second kappa shape index (κ2) is 15.1. The van der Waals surface area contributed by atoms with Crippen molar-refractivity contribution in [2.45, 2.75) is 66.4 Å². The fourth-order valence-electron chi connectivity index (χ4n) is 6.10. The summed E-state index contributed by atoms with van der Waals surface area (Å²) in [5.74, 6) is -1.54. The van der Waals surface area contributed by atoms with Crippen LogP contribution in [0.4, 0.5) is 0 Å². The summed E-state index contributed by atoms with van der Waals surface area (Å²) < 4.78 is 12.1. The van der Waals surface area contributed by atoms with E-state index in [2.05, 4.69) is 0 Å². The molecule has 0 fully saturated rings. The van der Waals surface area contributed by atoms with Gasteiger partial charge in [-0.15, -0.1) is 0 Å². The second-order valence-corrected chi connectivity index (χ2v) is 15.5. The molecule has 0 aromatic heterocycles. The van der Waals surface area contributed by atoms with Gasteiger partial charge in [-0.05, 0) is 76.1 Å². The minimum absolute atomic E-state index is 0.0797. The molecule has 0 bridgehead atoms. The standard InChI is InChI=1S/C41H40Cl4O6/c1-22(35(48)26-15-13-25(14-16-26)23(2)46)41(8,40(6,7)38(49)28-12-10-11-27(17-28)24(3)47)51-37-33(44)20-30(21-34(37)45)39(4,5)29-18-31(42)36(50-9)32(43)19-29/h10-22H,1-9H3. The third-order valence-corrected chi connectivity index (χ3v) is 11.2. The van der Waals surface area contributed by atoms with E-state index in [4.69, 9.17) is 55.9 Å². The zero-order chi connectivity index (χ0) is 38.2. The number of carbonyl (C=O) groups is 4. The van der Waals surface area contributed by atoms with Crippen LogP contribution in [0.3, 0.4) is 0 Å². The van der Waals surface area contributed by atoms with Gasteiger partial charge in [-0.25, -0.2) is 0 Å². The lowest BCUT2D eigenvalue weighted by molar-refractivity contribution is -0.0437. The lowest BCUT2D eigenvalue weighted by Crippen LogP contribution is -2.57. The molecule has 4 rings (SSSR count). The summed E-state index contributed by atoms with van der Waals surface area (Å²) in [4.78, 5) is 52.8. The highest BCUT2D eigenvalue weighted by atomic mass is 35.5. The summed E-state index contributed by atoms with van der Waals surface area (Å²) in [6, 6.07) is 19.7. The Balaban J connectivity index is 1.85. The number of hydrogen-bond donors (Lipinski definition) is 0. The molecule has 0 aliphatic heterocycles. The van der Waals surface area contributed by atoms with Crippen LogP contribution in [-0.2, 0) is 5.41 Å². The highest BCUT2D eigenvalue weighted by molar-refractivity contribution is 6.38. The SMILES string of the molecule is COc1c(Cl)cc(C(C)(C)c2cc(Cl)c(OC(C)(C(C)C(=O)c3ccc(C(C)=O)cc3)C(C)(C)C(=O)c3cccc(C(C)=O)c3)c(Cl)c2)cc1Cl. The van der Waals surface area contributed by atoms with Crippen molar-refractivity contribution in [3.63, 3.8) is 0 Å². The quantitative estimate of drug-likeness (QED) is 0.126. The number of ketones is 4. The van der Waals surface area contributed by atoms with E-state index >= 15 is 0 Å². The van der Waals surface area contributed by atoms with Crippen LogP contribution in [0.15, 0.2) is 72.8 Å². The summed E-state index contributed by atoms with van der Waals surface area (Å²) in [6.45, 7) is 13.5. The largest absolute Gasteiger partial charge is 0.494 e. The summed E-state index contributed by atoms with van der Waals surface area (Å²) in [5.41, 5.74) is -0.743. The molecule has 0 amide bonds. The van der Waals surface area contributed by atoms with E-state index in [0.29, 0.717) is 32.5 Å². The van der Waals surface area contributed by atoms with Crippen molar-refractivity contribution in [3.8, 4) is 11.5 Å². The van der Waals surface area contributed by atoms with Gasteiger partial charge in [-0.1, -0.05) is 110 Å². The maximum Gasteiger partial charge on any atom is 0.172 e. The number of halogens is 4. The van der Waals surface area contributed by atoms with E-state index in [9.17, 15) is 19.2 Å². The van der Waals surface area contributed by atoms with Crippen molar-refractivity contribution in [3.05, 3.63) is 126 Å². The molecule has 4 aromatic carbocycles. The fourth-order valence-corrected chi connectivity index (χ4v) is 7.31. The molecule has 4 aromatic rings. The van der Waals surface area contributed by atoms with E-state index in [0.717, 1.165) is 11.1 Å². The number of rotatable bonds is 13. The van der Waals surface area contributed by atoms with Crippen LogP contribution >= 0.6 is 46.4 Å². The van der Waals surface area contributed by atoms with Gasteiger partial charge in [0.1, 0.15) is 5.60 Å². The monoisotopic (exact) mass is 768 g/mol. The van der Waals surface area contributed by atoms with Crippen molar-refractivity contribution < 1.29 is 28.7 Å². The number of benzene rings is 4. The van der Waals surface area contributed by atoms with Crippen molar-refractivity contribution in [2.75, 3.05) is 7.11 Å². The molecule has 0 saturated heterocycles. The highest BCUT2D eigenvalue weighted by Crippen LogP contribution is 2.49. The summed E-state index contributed by atoms with van der Waals surface area (Å²) >= 11 is 26.9. The van der Waals surface area contributed by atoms with Crippen LogP contribution in [-0.4, -0.2) is 35.8 Å². The number of Topliss-reactive ketones (excluding diaryl/α,β-unsaturated/α-hetero) is 4. The van der Waals surface area contributed by atoms with Crippen LogP contribution in [0.1, 0.15) is 108 Å². The number of hydrogen-bond acceptors (Lipinski definition) is 6. The van der Waals surface area contributed by atoms with E-state index in [1.165, 1.54) is 27.0 Å². The zero-order valence-corrected chi connectivity index (χ0v) is 33.0. The van der Waals surface area contributed by atoms with Gasteiger partial charge in [0.2, 0.25) is 0 Å². The molecule has 2 atom stereocenters. The van der Waals surface area contributed by atoms with E-state index in [1.54, 1.807) is 94.4 Å². The smallest absolute Gasteiger partial charge is 0.172 e. The summed E-state index contributed by atoms with van der Waals surface area (Å²) in [7, 11) is 1.49. The topological polar surface area (TPSA) is 86.7 Å². The van der Waals surface area contributed by atoms with Crippen LogP contribution < -0.4 is 9.47 Å². The Morgan fingerprint density at radius 1 is 0.608 bits per heavy atom. The Bertz CT molecular complexity index is 1990. The Morgan fingerprint density at radius 3 is 1.49 bits per heavy atom. The molecule has 2 unspecified atom stereocenters. The predicted molar refractivity (Wildman–Crippen MR) is 205 cm³/mol. The van der Waals surface area contributed by atoms with Crippen molar-refractivity contribution in [1.82, 2.24) is 0 Å². The first-order chi connectivity index (χ1) is 23.7. The normalized spacial score (nSPS) is 13.6. The van der Waals surface area contributed by atoms with Gasteiger partial charge in [0.05, 0.1) is 38.5 Å². The fraction of sp³-hybridized carbons (Fsp3) is 0.317. The van der Waals surface area contributed by atoms with Crippen LogP contribution in [0, 0.1) is 11.3 Å². The molecule has 0 radical (unpaired) electrons. The summed E-state index contributed by atoms with van der Waals surface area (Å²) in [6.07, 6.45) is 0. The van der Waals surface area contributed by atoms with Gasteiger partial charge in [0.15, 0.2) is 34.6 Å². The maximum atomic E-state index is 14.4. The average molecular weight is 771 g/mol. The van der Waals surface area contributed by atoms with Gasteiger partial charge in [0.25, 0.3) is 0 Å². The second-order valence-electron chi connectivity index (χ2n) is 13.9. The Hall–Kier alpha value is -3.68. The maximum absolute atomic E-state index is 14.4. The molecule has 268 valence electrons. The average Bonchev–Trinajstić information content (AvgIpc) is 3.08. The minimum Gasteiger partial charge on any atom is -0.494 e. The first-order valence-corrected chi connectivity index (χ1v) is 17.7. The first-order valence-electron chi connectivity index (χ1n) is 16.2. The lowest BCUT2D eigenvalue weighted by Gasteiger charge is -2.46. The van der Waals surface area contributed by atoms with Gasteiger partial charge < -0.3 is 9.47 Å². The van der Waals surface area contributed by atoms with Crippen molar-refractivity contribution in [2.24, 2.45) is 11.3 Å².